The highest BCUT2D eigenvalue weighted by Gasteiger charge is 2.29. The maximum atomic E-state index is 12.8. The summed E-state index contributed by atoms with van der Waals surface area (Å²) in [6.07, 6.45) is 2.55. The number of methoxy groups -OCH3 is 2. The van der Waals surface area contributed by atoms with Crippen LogP contribution in [0.1, 0.15) is 44.5 Å². The normalized spacial score (nSPS) is 15.6. The zero-order valence-corrected chi connectivity index (χ0v) is 17.0. The molecular formula is C20H21F2NO5S. The van der Waals surface area contributed by atoms with Crippen molar-refractivity contribution in [3.63, 3.8) is 0 Å². The lowest BCUT2D eigenvalue weighted by atomic mass is 9.88. The number of hydrogen-bond donors (Lipinski definition) is 1. The lowest BCUT2D eigenvalue weighted by Crippen LogP contribution is -2.16. The topological polar surface area (TPSA) is 73.9 Å². The zero-order valence-electron chi connectivity index (χ0n) is 16.2. The zero-order chi connectivity index (χ0) is 21.1. The summed E-state index contributed by atoms with van der Waals surface area (Å²) in [7, 11) is 2.59. The first-order chi connectivity index (χ1) is 13.8. The number of nitrogens with one attached hydrogen (secondary N) is 1. The molecule has 1 aromatic heterocycles. The number of thiophene rings is 1. The van der Waals surface area contributed by atoms with E-state index in [9.17, 15) is 18.4 Å². The Labute approximate surface area is 170 Å². The third-order valence-corrected chi connectivity index (χ3v) is 5.94. The molecule has 0 saturated heterocycles. The van der Waals surface area contributed by atoms with Gasteiger partial charge in [0.2, 0.25) is 0 Å². The highest BCUT2D eigenvalue weighted by molar-refractivity contribution is 7.17. The molecule has 1 aromatic carbocycles. The molecule has 0 fully saturated rings. The molecule has 1 aliphatic carbocycles. The van der Waals surface area contributed by atoms with Gasteiger partial charge < -0.3 is 19.5 Å². The molecule has 1 heterocycles. The molecule has 29 heavy (non-hydrogen) atoms. The lowest BCUT2D eigenvalue weighted by Gasteiger charge is -2.18. The van der Waals surface area contributed by atoms with Gasteiger partial charge in [-0.25, -0.2) is 4.79 Å². The second-order valence-corrected chi connectivity index (χ2v) is 7.85. The fraction of sp³-hybridized carbons (Fsp3) is 0.400. The number of benzene rings is 1. The molecule has 156 valence electrons. The van der Waals surface area contributed by atoms with Crippen LogP contribution in [-0.2, 0) is 17.6 Å². The van der Waals surface area contributed by atoms with E-state index in [2.05, 4.69) is 17.0 Å². The summed E-state index contributed by atoms with van der Waals surface area (Å²) < 4.78 is 39.3. The summed E-state index contributed by atoms with van der Waals surface area (Å²) in [6, 6.07) is 3.89. The van der Waals surface area contributed by atoms with E-state index in [1.807, 2.05) is 0 Å². The van der Waals surface area contributed by atoms with Crippen molar-refractivity contribution in [2.45, 2.75) is 32.8 Å². The van der Waals surface area contributed by atoms with E-state index in [0.717, 1.165) is 29.7 Å². The van der Waals surface area contributed by atoms with Crippen LogP contribution in [0.2, 0.25) is 0 Å². The van der Waals surface area contributed by atoms with Crippen LogP contribution >= 0.6 is 11.3 Å². The molecule has 1 aliphatic rings. The lowest BCUT2D eigenvalue weighted by molar-refractivity contribution is -0.0512. The number of amides is 1. The first-order valence-electron chi connectivity index (χ1n) is 9.01. The summed E-state index contributed by atoms with van der Waals surface area (Å²) in [5.41, 5.74) is 1.49. The van der Waals surface area contributed by atoms with E-state index in [1.54, 1.807) is 0 Å². The molecule has 0 aliphatic heterocycles. The summed E-state index contributed by atoms with van der Waals surface area (Å²) >= 11 is 1.37. The maximum Gasteiger partial charge on any atom is 0.387 e. The van der Waals surface area contributed by atoms with Gasteiger partial charge in [-0.3, -0.25) is 4.79 Å². The minimum atomic E-state index is -3.01. The van der Waals surface area contributed by atoms with Crippen molar-refractivity contribution in [2.24, 2.45) is 5.92 Å². The maximum absolute atomic E-state index is 12.8. The predicted octanol–water partition coefficient (Wildman–Crippen LogP) is 4.52. The Balaban J connectivity index is 1.90. The number of hydrogen-bond acceptors (Lipinski definition) is 6. The van der Waals surface area contributed by atoms with Crippen LogP contribution in [0.5, 0.6) is 11.5 Å². The van der Waals surface area contributed by atoms with Gasteiger partial charge >= 0.3 is 12.6 Å². The molecule has 9 heteroatoms. The van der Waals surface area contributed by atoms with E-state index in [4.69, 9.17) is 9.47 Å². The largest absolute Gasteiger partial charge is 0.493 e. The number of fused-ring (bicyclic) bond motifs is 1. The molecule has 0 radical (unpaired) electrons. The van der Waals surface area contributed by atoms with Gasteiger partial charge in [-0.15, -0.1) is 11.3 Å². The van der Waals surface area contributed by atoms with E-state index < -0.39 is 18.5 Å². The Morgan fingerprint density at radius 3 is 2.66 bits per heavy atom. The first-order valence-corrected chi connectivity index (χ1v) is 9.82. The molecule has 1 atom stereocenters. The number of carbonyl (C=O) groups is 2. The van der Waals surface area contributed by atoms with E-state index in [1.165, 1.54) is 43.8 Å². The molecule has 0 unspecified atom stereocenters. The third kappa shape index (κ3) is 4.50. The Bertz CT molecular complexity index is 928. The Morgan fingerprint density at radius 2 is 2.00 bits per heavy atom. The molecule has 0 spiro atoms. The Hall–Kier alpha value is -2.68. The van der Waals surface area contributed by atoms with Gasteiger partial charge in [0.1, 0.15) is 5.00 Å². The van der Waals surface area contributed by atoms with Crippen molar-refractivity contribution in [3.8, 4) is 11.5 Å². The number of halogens is 2. The van der Waals surface area contributed by atoms with Crippen LogP contribution < -0.4 is 14.8 Å². The molecular weight excluding hydrogens is 404 g/mol. The van der Waals surface area contributed by atoms with Crippen molar-refractivity contribution in [2.75, 3.05) is 19.5 Å². The second kappa shape index (κ2) is 8.77. The van der Waals surface area contributed by atoms with Gasteiger partial charge in [-0.2, -0.15) is 8.78 Å². The van der Waals surface area contributed by atoms with Crippen molar-refractivity contribution in [1.82, 2.24) is 0 Å². The van der Waals surface area contributed by atoms with E-state index in [0.29, 0.717) is 16.5 Å². The van der Waals surface area contributed by atoms with Gasteiger partial charge in [0.05, 0.1) is 19.8 Å². The second-order valence-electron chi connectivity index (χ2n) is 6.75. The summed E-state index contributed by atoms with van der Waals surface area (Å²) in [4.78, 5) is 26.2. The fourth-order valence-electron chi connectivity index (χ4n) is 3.33. The number of carbonyl (C=O) groups excluding carboxylic acids is 2. The van der Waals surface area contributed by atoms with Crippen LogP contribution in [0, 0.1) is 5.92 Å². The van der Waals surface area contributed by atoms with Crippen LogP contribution in [0.25, 0.3) is 0 Å². The van der Waals surface area contributed by atoms with E-state index in [-0.39, 0.29) is 17.1 Å². The van der Waals surface area contributed by atoms with Gasteiger partial charge in [-0.1, -0.05) is 6.92 Å². The average Bonchev–Trinajstić information content (AvgIpc) is 3.03. The molecule has 6 nitrogen and oxygen atoms in total. The number of rotatable bonds is 6. The summed E-state index contributed by atoms with van der Waals surface area (Å²) in [6.45, 7) is -0.861. The van der Waals surface area contributed by atoms with Crippen LogP contribution in [0.3, 0.4) is 0 Å². The van der Waals surface area contributed by atoms with E-state index >= 15 is 0 Å². The average molecular weight is 425 g/mol. The van der Waals surface area contributed by atoms with Gasteiger partial charge in [0, 0.05) is 10.4 Å². The number of ether oxygens (including phenoxy) is 3. The number of anilines is 1. The quantitative estimate of drug-likeness (QED) is 0.689. The van der Waals surface area contributed by atoms with Crippen LogP contribution in [0.15, 0.2) is 18.2 Å². The monoisotopic (exact) mass is 425 g/mol. The number of alkyl halides is 2. The molecule has 1 N–H and O–H groups in total. The summed E-state index contributed by atoms with van der Waals surface area (Å²) in [5.74, 6) is -0.656. The first kappa shape index (κ1) is 21.0. The predicted molar refractivity (Wildman–Crippen MR) is 104 cm³/mol. The molecule has 1 amide bonds. The minimum Gasteiger partial charge on any atom is -0.493 e. The third-order valence-electron chi connectivity index (χ3n) is 4.77. The standard InChI is InChI=1S/C20H21F2NO5S/c1-10-4-6-12-15(8-10)29-18(16(12)19(25)27-3)23-17(24)11-5-7-13(28-20(21)22)14(9-11)26-2/h5,7,9-10,20H,4,6,8H2,1-3H3,(H,23,24)/t10-/m1/s1. The molecule has 0 saturated carbocycles. The smallest absolute Gasteiger partial charge is 0.387 e. The molecule has 3 rings (SSSR count). The number of esters is 1. The van der Waals surface area contributed by atoms with Gasteiger partial charge in [0.25, 0.3) is 5.91 Å². The van der Waals surface area contributed by atoms with Crippen molar-refractivity contribution in [3.05, 3.63) is 39.8 Å². The summed E-state index contributed by atoms with van der Waals surface area (Å²) in [5, 5.41) is 3.18. The van der Waals surface area contributed by atoms with Gasteiger partial charge in [-0.05, 0) is 48.9 Å². The van der Waals surface area contributed by atoms with Crippen molar-refractivity contribution < 1.29 is 32.6 Å². The minimum absolute atomic E-state index is 0.00504. The Kier molecular flexibility index (Phi) is 6.36. The van der Waals surface area contributed by atoms with Gasteiger partial charge in [0.15, 0.2) is 11.5 Å². The van der Waals surface area contributed by atoms with Crippen LogP contribution in [-0.4, -0.2) is 32.7 Å². The molecule has 0 bridgehead atoms. The van der Waals surface area contributed by atoms with Crippen molar-refractivity contribution in [1.29, 1.82) is 0 Å². The van der Waals surface area contributed by atoms with Crippen LogP contribution in [0.4, 0.5) is 13.8 Å². The fourth-order valence-corrected chi connectivity index (χ4v) is 4.73. The Morgan fingerprint density at radius 1 is 1.24 bits per heavy atom. The highest BCUT2D eigenvalue weighted by atomic mass is 32.1. The van der Waals surface area contributed by atoms with Crippen molar-refractivity contribution >= 4 is 28.2 Å². The highest BCUT2D eigenvalue weighted by Crippen LogP contribution is 2.40. The SMILES string of the molecule is COC(=O)c1c(NC(=O)c2ccc(OC(F)F)c(OC)c2)sc2c1CC[C@@H](C)C2. The molecule has 2 aromatic rings.